The van der Waals surface area contributed by atoms with Gasteiger partial charge in [-0.1, -0.05) is 6.07 Å². The fraction of sp³-hybridized carbons (Fsp3) is 0.111. The maximum Gasteiger partial charge on any atom is 0.269 e. The molecule has 2 heterocycles. The third-order valence-electron chi connectivity index (χ3n) is 1.72. The molecule has 0 atom stereocenters. The molecule has 0 aliphatic rings. The van der Waals surface area contributed by atoms with Crippen molar-refractivity contribution in [2.24, 2.45) is 0 Å². The highest BCUT2D eigenvalue weighted by molar-refractivity contribution is 5.13. The molecular weight excluding hydrogens is 180 g/mol. The summed E-state index contributed by atoms with van der Waals surface area (Å²) in [4.78, 5) is 17.5. The number of nitrogens with one attached hydrogen (secondary N) is 1. The van der Waals surface area contributed by atoms with Gasteiger partial charge in [0.15, 0.2) is 0 Å². The molecule has 0 spiro atoms. The summed E-state index contributed by atoms with van der Waals surface area (Å²) >= 11 is 0. The van der Waals surface area contributed by atoms with Gasteiger partial charge in [0.25, 0.3) is 5.56 Å². The molecule has 2 rings (SSSR count). The predicted molar refractivity (Wildman–Crippen MR) is 49.7 cm³/mol. The Morgan fingerprint density at radius 3 is 3.00 bits per heavy atom. The molecule has 0 fully saturated rings. The lowest BCUT2D eigenvalue weighted by Crippen LogP contribution is -2.11. The predicted octanol–water partition coefficient (Wildman–Crippen LogP) is 0.151. The van der Waals surface area contributed by atoms with Gasteiger partial charge >= 0.3 is 0 Å². The first-order valence-electron chi connectivity index (χ1n) is 4.14. The average molecular weight is 188 g/mol. The maximum atomic E-state index is 10.9. The van der Waals surface area contributed by atoms with E-state index < -0.39 is 0 Å². The highest BCUT2D eigenvalue weighted by Crippen LogP contribution is 2.00. The van der Waals surface area contributed by atoms with Crippen molar-refractivity contribution in [3.63, 3.8) is 0 Å². The Kier molecular flexibility index (Phi) is 2.31. The van der Waals surface area contributed by atoms with E-state index in [2.05, 4.69) is 20.2 Å². The van der Waals surface area contributed by atoms with Crippen LogP contribution in [-0.2, 0) is 6.42 Å². The molecule has 0 aromatic carbocycles. The summed E-state index contributed by atoms with van der Waals surface area (Å²) in [6.45, 7) is 0. The smallest absolute Gasteiger partial charge is 0.269 e. The van der Waals surface area contributed by atoms with E-state index >= 15 is 0 Å². The van der Waals surface area contributed by atoms with Gasteiger partial charge < -0.3 is 4.98 Å². The molecule has 1 N–H and O–H groups in total. The Hall–Kier alpha value is -2.04. The molecule has 2 aromatic heterocycles. The molecule has 5 nitrogen and oxygen atoms in total. The molecule has 0 amide bonds. The van der Waals surface area contributed by atoms with Crippen LogP contribution in [0.2, 0.25) is 0 Å². The lowest BCUT2D eigenvalue weighted by molar-refractivity contribution is 0.843. The van der Waals surface area contributed by atoms with Gasteiger partial charge in [-0.3, -0.25) is 9.78 Å². The SMILES string of the molecule is O=c1cnnc(Cc2cccnc2)[nH]1. The van der Waals surface area contributed by atoms with Crippen molar-refractivity contribution < 1.29 is 0 Å². The Labute approximate surface area is 79.9 Å². The number of aromatic nitrogens is 4. The Bertz CT molecular complexity index is 465. The third-order valence-corrected chi connectivity index (χ3v) is 1.72. The quantitative estimate of drug-likeness (QED) is 0.728. The second kappa shape index (κ2) is 3.78. The second-order valence-corrected chi connectivity index (χ2v) is 2.82. The summed E-state index contributed by atoms with van der Waals surface area (Å²) in [5.41, 5.74) is 0.752. The van der Waals surface area contributed by atoms with Crippen LogP contribution < -0.4 is 5.56 Å². The first-order valence-corrected chi connectivity index (χ1v) is 4.14. The lowest BCUT2D eigenvalue weighted by atomic mass is 10.2. The molecule has 5 heteroatoms. The van der Waals surface area contributed by atoms with E-state index in [0.717, 1.165) is 11.8 Å². The van der Waals surface area contributed by atoms with Crippen molar-refractivity contribution in [3.8, 4) is 0 Å². The van der Waals surface area contributed by atoms with Gasteiger partial charge in [-0.05, 0) is 11.6 Å². The zero-order valence-electron chi connectivity index (χ0n) is 7.34. The van der Waals surface area contributed by atoms with Crippen molar-refractivity contribution in [1.29, 1.82) is 0 Å². The van der Waals surface area contributed by atoms with E-state index in [1.54, 1.807) is 12.4 Å². The van der Waals surface area contributed by atoms with E-state index in [9.17, 15) is 4.79 Å². The van der Waals surface area contributed by atoms with Crippen LogP contribution in [0.1, 0.15) is 11.4 Å². The van der Waals surface area contributed by atoms with Crippen LogP contribution in [0.3, 0.4) is 0 Å². The van der Waals surface area contributed by atoms with E-state index in [4.69, 9.17) is 0 Å². The fourth-order valence-electron chi connectivity index (χ4n) is 1.13. The summed E-state index contributed by atoms with van der Waals surface area (Å²) in [5.74, 6) is 0.547. The van der Waals surface area contributed by atoms with Gasteiger partial charge in [-0.15, -0.1) is 5.10 Å². The van der Waals surface area contributed by atoms with Crippen LogP contribution in [0.25, 0.3) is 0 Å². The molecule has 70 valence electrons. The van der Waals surface area contributed by atoms with Crippen LogP contribution in [0.5, 0.6) is 0 Å². The number of aromatic amines is 1. The minimum Gasteiger partial charge on any atom is -0.307 e. The number of pyridine rings is 1. The van der Waals surface area contributed by atoms with Gasteiger partial charge in [-0.25, -0.2) is 0 Å². The molecule has 0 saturated heterocycles. The van der Waals surface area contributed by atoms with Gasteiger partial charge in [0.2, 0.25) is 0 Å². The van der Waals surface area contributed by atoms with Gasteiger partial charge in [0, 0.05) is 18.8 Å². The monoisotopic (exact) mass is 188 g/mol. The maximum absolute atomic E-state index is 10.9. The van der Waals surface area contributed by atoms with Crippen molar-refractivity contribution in [1.82, 2.24) is 20.2 Å². The van der Waals surface area contributed by atoms with Crippen LogP contribution in [0.15, 0.2) is 35.5 Å². The highest BCUT2D eigenvalue weighted by atomic mass is 16.1. The van der Waals surface area contributed by atoms with Gasteiger partial charge in [0.1, 0.15) is 12.0 Å². The highest BCUT2D eigenvalue weighted by Gasteiger charge is 1.98. The van der Waals surface area contributed by atoms with E-state index in [0.29, 0.717) is 12.2 Å². The Morgan fingerprint density at radius 2 is 2.29 bits per heavy atom. The molecule has 0 saturated carbocycles. The molecule has 0 bridgehead atoms. The number of H-pyrrole nitrogens is 1. The first-order chi connectivity index (χ1) is 6.84. The molecule has 2 aromatic rings. The number of hydrogen-bond donors (Lipinski definition) is 1. The van der Waals surface area contributed by atoms with Crippen LogP contribution in [0.4, 0.5) is 0 Å². The van der Waals surface area contributed by atoms with E-state index in [-0.39, 0.29) is 5.56 Å². The molecule has 0 aliphatic carbocycles. The minimum absolute atomic E-state index is 0.237. The zero-order valence-corrected chi connectivity index (χ0v) is 7.34. The van der Waals surface area contributed by atoms with E-state index in [1.165, 1.54) is 0 Å². The summed E-state index contributed by atoms with van der Waals surface area (Å²) < 4.78 is 0. The summed E-state index contributed by atoms with van der Waals surface area (Å²) in [5, 5.41) is 7.37. The van der Waals surface area contributed by atoms with Crippen LogP contribution in [-0.4, -0.2) is 20.2 Å². The van der Waals surface area contributed by atoms with Crippen molar-refractivity contribution in [3.05, 3.63) is 52.5 Å². The van der Waals surface area contributed by atoms with Crippen LogP contribution in [0, 0.1) is 0 Å². The summed E-state index contributed by atoms with van der Waals surface area (Å²) in [6.07, 6.45) is 5.11. The van der Waals surface area contributed by atoms with Crippen molar-refractivity contribution >= 4 is 0 Å². The fourth-order valence-corrected chi connectivity index (χ4v) is 1.13. The average Bonchev–Trinajstić information content (AvgIpc) is 2.19. The topological polar surface area (TPSA) is 71.5 Å². The Balaban J connectivity index is 2.24. The number of rotatable bonds is 2. The summed E-state index contributed by atoms with van der Waals surface area (Å²) in [6, 6.07) is 3.75. The van der Waals surface area contributed by atoms with Crippen LogP contribution >= 0.6 is 0 Å². The second-order valence-electron chi connectivity index (χ2n) is 2.82. The van der Waals surface area contributed by atoms with E-state index in [1.807, 2.05) is 12.1 Å². The standard InChI is InChI=1S/C9H8N4O/c14-9-6-11-13-8(12-9)4-7-2-1-3-10-5-7/h1-3,5-6H,4H2,(H,12,13,14). The number of nitrogens with zero attached hydrogens (tertiary/aromatic N) is 3. The molecular formula is C9H8N4O. The van der Waals surface area contributed by atoms with Crippen molar-refractivity contribution in [2.45, 2.75) is 6.42 Å². The summed E-state index contributed by atoms with van der Waals surface area (Å²) in [7, 11) is 0. The van der Waals surface area contributed by atoms with Crippen molar-refractivity contribution in [2.75, 3.05) is 0 Å². The minimum atomic E-state index is -0.237. The lowest BCUT2D eigenvalue weighted by Gasteiger charge is -1.97. The third kappa shape index (κ3) is 2.01. The molecule has 14 heavy (non-hydrogen) atoms. The first kappa shape index (κ1) is 8.55. The molecule has 0 aliphatic heterocycles. The largest absolute Gasteiger partial charge is 0.307 e. The van der Waals surface area contributed by atoms with Gasteiger partial charge in [-0.2, -0.15) is 5.10 Å². The molecule has 0 unspecified atom stereocenters. The van der Waals surface area contributed by atoms with Gasteiger partial charge in [0.05, 0.1) is 0 Å². The number of hydrogen-bond acceptors (Lipinski definition) is 4. The zero-order chi connectivity index (χ0) is 9.80. The normalized spacial score (nSPS) is 10.0. The Morgan fingerprint density at radius 1 is 1.36 bits per heavy atom. The molecule has 0 radical (unpaired) electrons.